The summed E-state index contributed by atoms with van der Waals surface area (Å²) < 4.78 is 0. The number of phenolic OH excluding ortho intramolecular Hbond substituents is 1. The van der Waals surface area contributed by atoms with E-state index in [-0.39, 0.29) is 29.1 Å². The van der Waals surface area contributed by atoms with Gasteiger partial charge in [0.15, 0.2) is 0 Å². The zero-order chi connectivity index (χ0) is 33.1. The van der Waals surface area contributed by atoms with Crippen LogP contribution in [-0.4, -0.2) is 65.9 Å². The number of amidine groups is 1. The van der Waals surface area contributed by atoms with Crippen molar-refractivity contribution in [2.24, 2.45) is 28.5 Å². The fraction of sp³-hybridized carbons (Fsp3) is 0.605. The van der Waals surface area contributed by atoms with E-state index in [1.807, 2.05) is 30.3 Å². The Balaban J connectivity index is 1.29. The zero-order valence-electron chi connectivity index (χ0n) is 28.5. The highest BCUT2D eigenvalue weighted by molar-refractivity contribution is 5.95. The number of nitrogens with two attached hydrogens (primary N) is 1. The van der Waals surface area contributed by atoms with E-state index >= 15 is 0 Å². The first-order valence-corrected chi connectivity index (χ1v) is 17.5. The van der Waals surface area contributed by atoms with Crippen molar-refractivity contribution in [1.82, 2.24) is 15.5 Å². The van der Waals surface area contributed by atoms with Gasteiger partial charge in [-0.15, -0.1) is 0 Å². The number of hydrogen-bond donors (Lipinski definition) is 4. The third-order valence-corrected chi connectivity index (χ3v) is 11.1. The number of nitrogens with zero attached hydrogens (tertiary/aromatic N) is 2. The molecule has 1 heterocycles. The number of likely N-dealkylation sites (tertiary alicyclic amines) is 1. The largest absolute Gasteiger partial charge is 0.508 e. The molecule has 2 aliphatic carbocycles. The number of fused-ring (bicyclic) bond motifs is 4. The van der Waals surface area contributed by atoms with Gasteiger partial charge in [-0.2, -0.15) is 0 Å². The second kappa shape index (κ2) is 14.2. The van der Waals surface area contributed by atoms with Crippen molar-refractivity contribution in [3.8, 4) is 5.75 Å². The van der Waals surface area contributed by atoms with Gasteiger partial charge in [0.25, 0.3) is 0 Å². The van der Waals surface area contributed by atoms with Gasteiger partial charge in [0.2, 0.25) is 11.8 Å². The van der Waals surface area contributed by atoms with Crippen molar-refractivity contribution in [2.75, 3.05) is 26.2 Å². The van der Waals surface area contributed by atoms with E-state index in [9.17, 15) is 14.7 Å². The minimum Gasteiger partial charge on any atom is -0.508 e. The van der Waals surface area contributed by atoms with Gasteiger partial charge >= 0.3 is 0 Å². The summed E-state index contributed by atoms with van der Waals surface area (Å²) in [7, 11) is 0. The molecule has 2 bridgehead atoms. The first kappa shape index (κ1) is 34.0. The van der Waals surface area contributed by atoms with Crippen LogP contribution in [-0.2, 0) is 26.8 Å². The molecule has 8 nitrogen and oxygen atoms in total. The van der Waals surface area contributed by atoms with Crippen molar-refractivity contribution >= 4 is 17.6 Å². The second-order valence-corrected chi connectivity index (χ2v) is 14.7. The fourth-order valence-corrected chi connectivity index (χ4v) is 8.22. The molecule has 5 rings (SSSR count). The molecule has 0 radical (unpaired) electrons. The standard InChI is InChI=1S/C38H55N5O3/c1-6-11-34(39)40-17-10-18-41-35(45)32(20-25(2)3)42-36(46)38(28-12-8-7-9-13-28)23-29(38)24-43-19-16-37(5)26(4)33(43)21-27-14-15-30(44)22-31(27)37/h7-9,12-15,22,25-26,29,32-33,44H,6,10-11,16-21,23-24H2,1-5H3,(H2,39,40)(H,41,45)(H,42,46)/t26?,29?,32?,33?,37-,38+/m1/s1. The predicted molar refractivity (Wildman–Crippen MR) is 185 cm³/mol. The Labute approximate surface area is 275 Å². The number of phenols is 1. The molecule has 46 heavy (non-hydrogen) atoms. The van der Waals surface area contributed by atoms with Crippen LogP contribution in [0, 0.1) is 17.8 Å². The van der Waals surface area contributed by atoms with Gasteiger partial charge in [-0.3, -0.25) is 19.5 Å². The van der Waals surface area contributed by atoms with Crippen molar-refractivity contribution in [2.45, 2.75) is 102 Å². The number of hydrogen-bond acceptors (Lipinski definition) is 5. The van der Waals surface area contributed by atoms with Crippen molar-refractivity contribution in [1.29, 1.82) is 0 Å². The van der Waals surface area contributed by atoms with Crippen LogP contribution in [0.2, 0.25) is 0 Å². The average Bonchev–Trinajstić information content (AvgIpc) is 3.75. The first-order chi connectivity index (χ1) is 22.0. The summed E-state index contributed by atoms with van der Waals surface area (Å²) in [5.41, 5.74) is 8.94. The molecule has 3 aliphatic rings. The molecule has 0 spiro atoms. The highest BCUT2D eigenvalue weighted by atomic mass is 16.3. The third-order valence-electron chi connectivity index (χ3n) is 11.1. The van der Waals surface area contributed by atoms with E-state index in [2.05, 4.69) is 73.3 Å². The molecule has 2 fully saturated rings. The lowest BCUT2D eigenvalue weighted by atomic mass is 9.59. The molecule has 5 N–H and O–H groups in total. The van der Waals surface area contributed by atoms with Crippen molar-refractivity contribution in [3.05, 3.63) is 65.2 Å². The van der Waals surface area contributed by atoms with Gasteiger partial charge in [0.1, 0.15) is 11.8 Å². The highest BCUT2D eigenvalue weighted by Crippen LogP contribution is 2.57. The van der Waals surface area contributed by atoms with Gasteiger partial charge in [0, 0.05) is 32.1 Å². The Morgan fingerprint density at radius 1 is 1.17 bits per heavy atom. The lowest BCUT2D eigenvalue weighted by Gasteiger charge is -2.55. The van der Waals surface area contributed by atoms with E-state index in [4.69, 9.17) is 5.73 Å². The van der Waals surface area contributed by atoms with Gasteiger partial charge in [0.05, 0.1) is 11.3 Å². The van der Waals surface area contributed by atoms with Gasteiger partial charge < -0.3 is 21.5 Å². The minimum atomic E-state index is -0.648. The number of carbonyl (C=O) groups excluding carboxylic acids is 2. The molecular formula is C38H55N5O3. The van der Waals surface area contributed by atoms with Gasteiger partial charge in [-0.1, -0.05) is 71.0 Å². The number of aromatic hydroxyl groups is 1. The minimum absolute atomic E-state index is 0.0246. The normalized spacial score (nSPS) is 28.0. The maximum atomic E-state index is 14.3. The van der Waals surface area contributed by atoms with E-state index < -0.39 is 11.5 Å². The van der Waals surface area contributed by atoms with Gasteiger partial charge in [-0.25, -0.2) is 0 Å². The highest BCUT2D eigenvalue weighted by Gasteiger charge is 2.62. The molecule has 1 saturated heterocycles. The van der Waals surface area contributed by atoms with E-state index in [0.717, 1.165) is 50.8 Å². The summed E-state index contributed by atoms with van der Waals surface area (Å²) in [5, 5.41) is 16.5. The summed E-state index contributed by atoms with van der Waals surface area (Å²) >= 11 is 0. The first-order valence-electron chi connectivity index (χ1n) is 17.5. The van der Waals surface area contributed by atoms with Crippen LogP contribution in [0.5, 0.6) is 5.75 Å². The smallest absolute Gasteiger partial charge is 0.242 e. The Bertz CT molecular complexity index is 1410. The number of rotatable bonds is 14. The fourth-order valence-electron chi connectivity index (χ4n) is 8.22. The third kappa shape index (κ3) is 6.97. The van der Waals surface area contributed by atoms with E-state index in [1.54, 1.807) is 0 Å². The van der Waals surface area contributed by atoms with Crippen LogP contribution in [0.25, 0.3) is 0 Å². The maximum absolute atomic E-state index is 14.3. The molecule has 4 unspecified atom stereocenters. The molecule has 1 saturated carbocycles. The Morgan fingerprint density at radius 2 is 1.93 bits per heavy atom. The van der Waals surface area contributed by atoms with Crippen LogP contribution in [0.4, 0.5) is 0 Å². The van der Waals surface area contributed by atoms with Crippen molar-refractivity contribution < 1.29 is 14.7 Å². The number of nitrogens with one attached hydrogen (secondary N) is 2. The molecule has 2 aromatic carbocycles. The topological polar surface area (TPSA) is 120 Å². The lowest BCUT2D eigenvalue weighted by Crippen LogP contribution is -2.58. The maximum Gasteiger partial charge on any atom is 0.242 e. The Hall–Kier alpha value is -3.39. The number of carbonyl (C=O) groups is 2. The molecule has 8 heteroatoms. The summed E-state index contributed by atoms with van der Waals surface area (Å²) in [5.74, 6) is 1.67. The van der Waals surface area contributed by atoms with Crippen LogP contribution < -0.4 is 16.4 Å². The quantitative estimate of drug-likeness (QED) is 0.132. The lowest BCUT2D eigenvalue weighted by molar-refractivity contribution is -0.131. The second-order valence-electron chi connectivity index (χ2n) is 14.7. The number of aliphatic imine (C=N–C) groups is 1. The molecule has 1 aliphatic heterocycles. The average molecular weight is 630 g/mol. The molecule has 2 aromatic rings. The summed E-state index contributed by atoms with van der Waals surface area (Å²) in [6.45, 7) is 13.8. The van der Waals surface area contributed by atoms with E-state index in [0.29, 0.717) is 49.5 Å². The summed E-state index contributed by atoms with van der Waals surface area (Å²) in [6.07, 6.45) is 5.78. The number of benzene rings is 2. The van der Waals surface area contributed by atoms with Crippen LogP contribution in [0.1, 0.15) is 89.8 Å². The SMILES string of the molecule is CCCC(N)=NCCCNC(=O)C(CC(C)C)NC(=O)[C@]1(c2ccccc2)CC1CN1CC[C@@]2(C)c3cc(O)ccc3CC1C2C. The number of amides is 2. The number of piperidine rings is 1. The summed E-state index contributed by atoms with van der Waals surface area (Å²) in [4.78, 5) is 34.8. The summed E-state index contributed by atoms with van der Waals surface area (Å²) in [6, 6.07) is 15.8. The monoisotopic (exact) mass is 629 g/mol. The van der Waals surface area contributed by atoms with Crippen LogP contribution in [0.3, 0.4) is 0 Å². The Morgan fingerprint density at radius 3 is 2.65 bits per heavy atom. The molecule has 2 amide bonds. The molecule has 6 atom stereocenters. The molecule has 250 valence electrons. The predicted octanol–water partition coefficient (Wildman–Crippen LogP) is 5.07. The Kier molecular flexibility index (Phi) is 10.5. The van der Waals surface area contributed by atoms with E-state index in [1.165, 1.54) is 11.1 Å². The van der Waals surface area contributed by atoms with Gasteiger partial charge in [-0.05, 0) is 97.1 Å². The molecule has 0 aromatic heterocycles. The zero-order valence-corrected chi connectivity index (χ0v) is 28.5. The van der Waals surface area contributed by atoms with Crippen molar-refractivity contribution in [3.63, 3.8) is 0 Å². The molecular weight excluding hydrogens is 574 g/mol. The van der Waals surface area contributed by atoms with Crippen LogP contribution >= 0.6 is 0 Å². The van der Waals surface area contributed by atoms with Crippen LogP contribution in [0.15, 0.2) is 53.5 Å².